The first-order chi connectivity index (χ1) is 15.7. The molecule has 0 saturated carbocycles. The second-order valence-corrected chi connectivity index (χ2v) is 9.44. The second kappa shape index (κ2) is 10.7. The number of hydrogen-bond acceptors (Lipinski definition) is 5. The normalized spacial score (nSPS) is 14.1. The van der Waals surface area contributed by atoms with Crippen LogP contribution in [0, 0.1) is 11.6 Å². The van der Waals surface area contributed by atoms with Crippen LogP contribution in [-0.2, 0) is 19.6 Å². The Hall–Kier alpha value is -3.05. The molecule has 0 aromatic heterocycles. The lowest BCUT2D eigenvalue weighted by Crippen LogP contribution is -2.41. The van der Waals surface area contributed by atoms with Gasteiger partial charge in [0.1, 0.15) is 0 Å². The van der Waals surface area contributed by atoms with Crippen molar-refractivity contribution in [3.8, 4) is 0 Å². The first-order valence-electron chi connectivity index (χ1n) is 10.4. The van der Waals surface area contributed by atoms with E-state index in [1.54, 1.807) is 29.2 Å². The van der Waals surface area contributed by atoms with Gasteiger partial charge in [-0.3, -0.25) is 13.9 Å². The molecule has 1 aliphatic heterocycles. The predicted octanol–water partition coefficient (Wildman–Crippen LogP) is 2.62. The van der Waals surface area contributed by atoms with E-state index in [0.717, 1.165) is 28.8 Å². The molecule has 0 aliphatic carbocycles. The first kappa shape index (κ1) is 24.6. The minimum Gasteiger partial charge on any atom is -0.378 e. The Labute approximate surface area is 191 Å². The van der Waals surface area contributed by atoms with E-state index in [1.165, 1.54) is 0 Å². The Bertz CT molecular complexity index is 1120. The van der Waals surface area contributed by atoms with Gasteiger partial charge in [0.15, 0.2) is 11.6 Å². The summed E-state index contributed by atoms with van der Waals surface area (Å²) >= 11 is 0. The van der Waals surface area contributed by atoms with Crippen molar-refractivity contribution in [3.05, 3.63) is 59.7 Å². The fourth-order valence-corrected chi connectivity index (χ4v) is 4.40. The Balaban J connectivity index is 1.63. The van der Waals surface area contributed by atoms with Gasteiger partial charge in [-0.15, -0.1) is 0 Å². The van der Waals surface area contributed by atoms with E-state index >= 15 is 0 Å². The van der Waals surface area contributed by atoms with Crippen molar-refractivity contribution in [1.82, 2.24) is 4.90 Å². The van der Waals surface area contributed by atoms with Crippen molar-refractivity contribution in [2.75, 3.05) is 48.7 Å². The molecule has 2 aromatic rings. The number of nitrogens with zero attached hydrogens (tertiary/aromatic N) is 2. The standard InChI is InChI=1S/C22H25F2N3O5S/c1-33(30,31)27(16-8-9-18(23)19(24)15-16)10-4-7-21(28)25-20-6-3-2-5-17(20)22(29)26-11-13-32-14-12-26/h2-3,5-6,8-9,15H,4,7,10-14H2,1H3,(H,25,28). The van der Waals surface area contributed by atoms with Crippen LogP contribution in [0.1, 0.15) is 23.2 Å². The van der Waals surface area contributed by atoms with Crippen LogP contribution >= 0.6 is 0 Å². The van der Waals surface area contributed by atoms with Crippen molar-refractivity contribution in [1.29, 1.82) is 0 Å². The van der Waals surface area contributed by atoms with Gasteiger partial charge >= 0.3 is 0 Å². The summed E-state index contributed by atoms with van der Waals surface area (Å²) in [5.41, 5.74) is 0.685. The zero-order valence-electron chi connectivity index (χ0n) is 18.1. The van der Waals surface area contributed by atoms with Crippen LogP contribution in [0.15, 0.2) is 42.5 Å². The van der Waals surface area contributed by atoms with Gasteiger partial charge in [-0.25, -0.2) is 17.2 Å². The summed E-state index contributed by atoms with van der Waals surface area (Å²) in [6.45, 7) is 1.73. The number of anilines is 2. The number of amides is 2. The van der Waals surface area contributed by atoms with Gasteiger partial charge in [-0.1, -0.05) is 12.1 Å². The van der Waals surface area contributed by atoms with Gasteiger partial charge in [0.25, 0.3) is 5.91 Å². The van der Waals surface area contributed by atoms with Crippen molar-refractivity contribution in [2.24, 2.45) is 0 Å². The third-order valence-electron chi connectivity index (χ3n) is 5.09. The maximum absolute atomic E-state index is 13.6. The quantitative estimate of drug-likeness (QED) is 0.625. The molecule has 8 nitrogen and oxygen atoms in total. The number of carbonyl (C=O) groups is 2. The Morgan fingerprint density at radius 3 is 2.45 bits per heavy atom. The molecule has 0 unspecified atom stereocenters. The van der Waals surface area contributed by atoms with Gasteiger partial charge in [-0.05, 0) is 30.7 Å². The maximum atomic E-state index is 13.6. The molecule has 11 heteroatoms. The highest BCUT2D eigenvalue weighted by atomic mass is 32.2. The molecule has 33 heavy (non-hydrogen) atoms. The van der Waals surface area contributed by atoms with Crippen LogP contribution in [0.3, 0.4) is 0 Å². The average Bonchev–Trinajstić information content (AvgIpc) is 2.78. The Kier molecular flexibility index (Phi) is 7.98. The summed E-state index contributed by atoms with van der Waals surface area (Å²) in [5.74, 6) is -2.87. The summed E-state index contributed by atoms with van der Waals surface area (Å²) in [6, 6.07) is 9.45. The molecule has 1 N–H and O–H groups in total. The lowest BCUT2D eigenvalue weighted by Gasteiger charge is -2.27. The first-order valence-corrected chi connectivity index (χ1v) is 12.2. The van der Waals surface area contributed by atoms with Gasteiger partial charge in [0.05, 0.1) is 36.4 Å². The molecule has 178 valence electrons. The predicted molar refractivity (Wildman–Crippen MR) is 120 cm³/mol. The Morgan fingerprint density at radius 2 is 1.79 bits per heavy atom. The third kappa shape index (κ3) is 6.48. The molecule has 0 atom stereocenters. The minimum atomic E-state index is -3.78. The van der Waals surface area contributed by atoms with E-state index in [0.29, 0.717) is 37.6 Å². The summed E-state index contributed by atoms with van der Waals surface area (Å²) in [6.07, 6.45) is 1.02. The van der Waals surface area contributed by atoms with Crippen molar-refractivity contribution in [3.63, 3.8) is 0 Å². The fourth-order valence-electron chi connectivity index (χ4n) is 3.44. The van der Waals surface area contributed by atoms with E-state index in [-0.39, 0.29) is 31.0 Å². The summed E-state index contributed by atoms with van der Waals surface area (Å²) in [7, 11) is -3.78. The van der Waals surface area contributed by atoms with E-state index in [9.17, 15) is 26.8 Å². The number of ether oxygens (including phenoxy) is 1. The zero-order chi connectivity index (χ0) is 24.0. The smallest absolute Gasteiger partial charge is 0.256 e. The van der Waals surface area contributed by atoms with Crippen molar-refractivity contribution in [2.45, 2.75) is 12.8 Å². The van der Waals surface area contributed by atoms with E-state index < -0.39 is 27.6 Å². The number of hydrogen-bond donors (Lipinski definition) is 1. The molecular weight excluding hydrogens is 456 g/mol. The summed E-state index contributed by atoms with van der Waals surface area (Å²) in [5, 5.41) is 2.70. The highest BCUT2D eigenvalue weighted by Gasteiger charge is 2.22. The SMILES string of the molecule is CS(=O)(=O)N(CCCC(=O)Nc1ccccc1C(=O)N1CCOCC1)c1ccc(F)c(F)c1. The molecular formula is C22H25F2N3O5S. The molecule has 2 aromatic carbocycles. The number of benzene rings is 2. The maximum Gasteiger partial charge on any atom is 0.256 e. The number of para-hydroxylation sites is 1. The average molecular weight is 482 g/mol. The molecule has 1 aliphatic rings. The lowest BCUT2D eigenvalue weighted by atomic mass is 10.1. The van der Waals surface area contributed by atoms with Crippen molar-refractivity contribution >= 4 is 33.2 Å². The summed E-state index contributed by atoms with van der Waals surface area (Å²) in [4.78, 5) is 27.0. The largest absolute Gasteiger partial charge is 0.378 e. The minimum absolute atomic E-state index is 0.0294. The second-order valence-electron chi connectivity index (χ2n) is 7.54. The molecule has 1 saturated heterocycles. The van der Waals surface area contributed by atoms with E-state index in [4.69, 9.17) is 4.74 Å². The molecule has 0 bridgehead atoms. The molecule has 2 amide bonds. The highest BCUT2D eigenvalue weighted by Crippen LogP contribution is 2.22. The summed E-state index contributed by atoms with van der Waals surface area (Å²) < 4.78 is 57.2. The third-order valence-corrected chi connectivity index (χ3v) is 6.28. The molecule has 0 spiro atoms. The number of halogens is 2. The van der Waals surface area contributed by atoms with Crippen molar-refractivity contribution < 1.29 is 31.5 Å². The number of rotatable bonds is 8. The number of nitrogens with one attached hydrogen (secondary N) is 1. The fraction of sp³-hybridized carbons (Fsp3) is 0.364. The Morgan fingerprint density at radius 1 is 1.09 bits per heavy atom. The molecule has 3 rings (SSSR count). The molecule has 1 fully saturated rings. The van der Waals surface area contributed by atoms with Gasteiger partial charge in [-0.2, -0.15) is 0 Å². The van der Waals surface area contributed by atoms with E-state index in [1.807, 2.05) is 0 Å². The zero-order valence-corrected chi connectivity index (χ0v) is 18.9. The number of carbonyl (C=O) groups excluding carboxylic acids is 2. The number of sulfonamides is 1. The lowest BCUT2D eigenvalue weighted by molar-refractivity contribution is -0.116. The van der Waals surface area contributed by atoms with Crippen LogP contribution < -0.4 is 9.62 Å². The van der Waals surface area contributed by atoms with Crippen LogP contribution in [0.2, 0.25) is 0 Å². The monoisotopic (exact) mass is 481 g/mol. The highest BCUT2D eigenvalue weighted by molar-refractivity contribution is 7.92. The molecule has 0 radical (unpaired) electrons. The van der Waals surface area contributed by atoms with Gasteiger partial charge in [0.2, 0.25) is 15.9 Å². The van der Waals surface area contributed by atoms with Crippen LogP contribution in [-0.4, -0.2) is 64.2 Å². The molecule has 1 heterocycles. The van der Waals surface area contributed by atoms with Crippen LogP contribution in [0.4, 0.5) is 20.2 Å². The van der Waals surface area contributed by atoms with Gasteiger partial charge < -0.3 is 15.0 Å². The topological polar surface area (TPSA) is 96.0 Å². The van der Waals surface area contributed by atoms with Crippen LogP contribution in [0.25, 0.3) is 0 Å². The number of morpholine rings is 1. The van der Waals surface area contributed by atoms with E-state index in [2.05, 4.69) is 5.32 Å². The van der Waals surface area contributed by atoms with Crippen LogP contribution in [0.5, 0.6) is 0 Å². The van der Waals surface area contributed by atoms with Gasteiger partial charge in [0, 0.05) is 32.1 Å².